The number of nitrogens with one attached hydrogen (secondary N) is 2. The van der Waals surface area contributed by atoms with Gasteiger partial charge in [0.1, 0.15) is 0 Å². The molecule has 0 aromatic carbocycles. The van der Waals surface area contributed by atoms with Crippen molar-refractivity contribution in [3.8, 4) is 0 Å². The minimum Gasteiger partial charge on any atom is -0.352 e. The molecular weight excluding hydrogens is 176 g/mol. The molecule has 1 saturated carbocycles. The summed E-state index contributed by atoms with van der Waals surface area (Å²) in [6.45, 7) is 6.05. The van der Waals surface area contributed by atoms with Crippen LogP contribution in [-0.4, -0.2) is 24.5 Å². The van der Waals surface area contributed by atoms with E-state index in [-0.39, 0.29) is 5.91 Å². The molecule has 0 aliphatic heterocycles. The molecule has 0 aromatic rings. The Labute approximate surface area is 86.6 Å². The Morgan fingerprint density at radius 3 is 2.43 bits per heavy atom. The SMILES string of the molecule is CNC(C)(C)C(=O)NC1CCC(C)C1. The summed E-state index contributed by atoms with van der Waals surface area (Å²) in [7, 11) is 1.82. The van der Waals surface area contributed by atoms with Gasteiger partial charge in [0.2, 0.25) is 5.91 Å². The van der Waals surface area contributed by atoms with Gasteiger partial charge in [0.05, 0.1) is 5.54 Å². The van der Waals surface area contributed by atoms with E-state index in [4.69, 9.17) is 0 Å². The lowest BCUT2D eigenvalue weighted by Gasteiger charge is -2.25. The van der Waals surface area contributed by atoms with Crippen molar-refractivity contribution in [3.05, 3.63) is 0 Å². The third-order valence-electron chi connectivity index (χ3n) is 3.22. The summed E-state index contributed by atoms with van der Waals surface area (Å²) in [4.78, 5) is 11.8. The Bertz CT molecular complexity index is 213. The molecule has 3 heteroatoms. The lowest BCUT2D eigenvalue weighted by molar-refractivity contribution is -0.126. The molecule has 0 heterocycles. The summed E-state index contributed by atoms with van der Waals surface area (Å²) in [6, 6.07) is 0.394. The number of rotatable bonds is 3. The van der Waals surface area contributed by atoms with E-state index >= 15 is 0 Å². The van der Waals surface area contributed by atoms with E-state index in [1.807, 2.05) is 20.9 Å². The van der Waals surface area contributed by atoms with E-state index in [1.54, 1.807) is 0 Å². The van der Waals surface area contributed by atoms with Gasteiger partial charge in [-0.25, -0.2) is 0 Å². The Morgan fingerprint density at radius 2 is 2.00 bits per heavy atom. The Kier molecular flexibility index (Phi) is 3.53. The summed E-state index contributed by atoms with van der Waals surface area (Å²) >= 11 is 0. The van der Waals surface area contributed by atoms with Crippen LogP contribution in [0.2, 0.25) is 0 Å². The van der Waals surface area contributed by atoms with Gasteiger partial charge < -0.3 is 10.6 Å². The average molecular weight is 198 g/mol. The zero-order valence-corrected chi connectivity index (χ0v) is 9.68. The van der Waals surface area contributed by atoms with Crippen molar-refractivity contribution in [1.82, 2.24) is 10.6 Å². The highest BCUT2D eigenvalue weighted by molar-refractivity contribution is 5.85. The fraction of sp³-hybridized carbons (Fsp3) is 0.909. The van der Waals surface area contributed by atoms with Crippen LogP contribution in [-0.2, 0) is 4.79 Å². The second-order valence-electron chi connectivity index (χ2n) is 4.96. The molecule has 0 spiro atoms. The summed E-state index contributed by atoms with van der Waals surface area (Å²) in [6.07, 6.45) is 3.50. The highest BCUT2D eigenvalue weighted by atomic mass is 16.2. The van der Waals surface area contributed by atoms with Crippen molar-refractivity contribution < 1.29 is 4.79 Å². The fourth-order valence-corrected chi connectivity index (χ4v) is 1.82. The third-order valence-corrected chi connectivity index (χ3v) is 3.22. The van der Waals surface area contributed by atoms with Gasteiger partial charge in [-0.15, -0.1) is 0 Å². The van der Waals surface area contributed by atoms with Crippen molar-refractivity contribution in [1.29, 1.82) is 0 Å². The van der Waals surface area contributed by atoms with Crippen LogP contribution < -0.4 is 10.6 Å². The predicted molar refractivity (Wildman–Crippen MR) is 58.1 cm³/mol. The number of carbonyl (C=O) groups is 1. The number of hydrogen-bond acceptors (Lipinski definition) is 2. The second-order valence-corrected chi connectivity index (χ2v) is 4.96. The van der Waals surface area contributed by atoms with Crippen LogP contribution in [0.3, 0.4) is 0 Å². The monoisotopic (exact) mass is 198 g/mol. The van der Waals surface area contributed by atoms with Gasteiger partial charge in [0, 0.05) is 6.04 Å². The summed E-state index contributed by atoms with van der Waals surface area (Å²) in [5.41, 5.74) is -0.453. The highest BCUT2D eigenvalue weighted by Gasteiger charge is 2.29. The van der Waals surface area contributed by atoms with Gasteiger partial charge >= 0.3 is 0 Å². The van der Waals surface area contributed by atoms with E-state index in [1.165, 1.54) is 6.42 Å². The fourth-order valence-electron chi connectivity index (χ4n) is 1.82. The third kappa shape index (κ3) is 2.71. The zero-order valence-electron chi connectivity index (χ0n) is 9.68. The Balaban J connectivity index is 2.41. The molecule has 1 aliphatic carbocycles. The van der Waals surface area contributed by atoms with Crippen LogP contribution in [0.5, 0.6) is 0 Å². The molecule has 3 nitrogen and oxygen atoms in total. The summed E-state index contributed by atoms with van der Waals surface area (Å²) in [5.74, 6) is 0.872. The molecule has 1 rings (SSSR count). The summed E-state index contributed by atoms with van der Waals surface area (Å²) < 4.78 is 0. The van der Waals surface area contributed by atoms with Gasteiger partial charge in [0.15, 0.2) is 0 Å². The molecule has 1 amide bonds. The van der Waals surface area contributed by atoms with E-state index in [9.17, 15) is 4.79 Å². The Morgan fingerprint density at radius 1 is 1.36 bits per heavy atom. The van der Waals surface area contributed by atoms with Crippen molar-refractivity contribution in [2.24, 2.45) is 5.92 Å². The average Bonchev–Trinajstić information content (AvgIpc) is 2.51. The molecule has 14 heavy (non-hydrogen) atoms. The lowest BCUT2D eigenvalue weighted by Crippen LogP contribution is -2.53. The maximum Gasteiger partial charge on any atom is 0.239 e. The maximum absolute atomic E-state index is 11.8. The minimum atomic E-state index is -0.453. The largest absolute Gasteiger partial charge is 0.352 e. The maximum atomic E-state index is 11.8. The molecule has 0 saturated heterocycles. The number of carbonyl (C=O) groups excluding carboxylic acids is 1. The van der Waals surface area contributed by atoms with E-state index in [0.717, 1.165) is 18.8 Å². The van der Waals surface area contributed by atoms with Crippen molar-refractivity contribution in [2.75, 3.05) is 7.05 Å². The first-order valence-electron chi connectivity index (χ1n) is 5.45. The quantitative estimate of drug-likeness (QED) is 0.717. The first kappa shape index (κ1) is 11.5. The van der Waals surface area contributed by atoms with Crippen molar-refractivity contribution in [3.63, 3.8) is 0 Å². The lowest BCUT2D eigenvalue weighted by atomic mass is 10.0. The van der Waals surface area contributed by atoms with Crippen LogP contribution in [0.1, 0.15) is 40.0 Å². The minimum absolute atomic E-state index is 0.110. The van der Waals surface area contributed by atoms with Crippen LogP contribution in [0, 0.1) is 5.92 Å². The molecule has 0 bridgehead atoms. The van der Waals surface area contributed by atoms with Crippen LogP contribution in [0.4, 0.5) is 0 Å². The zero-order chi connectivity index (χ0) is 10.8. The van der Waals surface area contributed by atoms with E-state index < -0.39 is 5.54 Å². The number of likely N-dealkylation sites (N-methyl/N-ethyl adjacent to an activating group) is 1. The van der Waals surface area contributed by atoms with Gasteiger partial charge in [-0.3, -0.25) is 4.79 Å². The molecule has 0 radical (unpaired) electrons. The standard InChI is InChI=1S/C11H22N2O/c1-8-5-6-9(7-8)13-10(14)11(2,3)12-4/h8-9,12H,5-7H2,1-4H3,(H,13,14). The molecule has 1 aliphatic rings. The molecule has 0 aromatic heterocycles. The van der Waals surface area contributed by atoms with Gasteiger partial charge in [-0.2, -0.15) is 0 Å². The van der Waals surface area contributed by atoms with Crippen LogP contribution in [0.25, 0.3) is 0 Å². The Hall–Kier alpha value is -0.570. The smallest absolute Gasteiger partial charge is 0.239 e. The first-order valence-corrected chi connectivity index (χ1v) is 5.45. The molecule has 2 N–H and O–H groups in total. The van der Waals surface area contributed by atoms with E-state index in [2.05, 4.69) is 17.6 Å². The first-order chi connectivity index (χ1) is 6.45. The van der Waals surface area contributed by atoms with Crippen LogP contribution in [0.15, 0.2) is 0 Å². The highest BCUT2D eigenvalue weighted by Crippen LogP contribution is 2.24. The van der Waals surface area contributed by atoms with Gasteiger partial charge in [-0.05, 0) is 46.1 Å². The normalized spacial score (nSPS) is 27.7. The second kappa shape index (κ2) is 4.30. The van der Waals surface area contributed by atoms with Gasteiger partial charge in [0.25, 0.3) is 0 Å². The topological polar surface area (TPSA) is 41.1 Å². The van der Waals surface area contributed by atoms with Crippen LogP contribution >= 0.6 is 0 Å². The van der Waals surface area contributed by atoms with Crippen molar-refractivity contribution in [2.45, 2.75) is 51.6 Å². The summed E-state index contributed by atoms with van der Waals surface area (Å²) in [5, 5.41) is 6.11. The molecule has 2 atom stereocenters. The number of hydrogen-bond donors (Lipinski definition) is 2. The molecule has 2 unspecified atom stereocenters. The van der Waals surface area contributed by atoms with E-state index in [0.29, 0.717) is 6.04 Å². The van der Waals surface area contributed by atoms with Gasteiger partial charge in [-0.1, -0.05) is 6.92 Å². The number of amides is 1. The predicted octanol–water partition coefficient (Wildman–Crippen LogP) is 1.29. The molecule has 1 fully saturated rings. The molecule has 82 valence electrons. The van der Waals surface area contributed by atoms with Crippen molar-refractivity contribution >= 4 is 5.91 Å². The molecular formula is C11H22N2O.